The molecule has 0 amide bonds. The number of aryl methyl sites for hydroxylation is 1. The van der Waals surface area contributed by atoms with Gasteiger partial charge in [-0.3, -0.25) is 0 Å². The summed E-state index contributed by atoms with van der Waals surface area (Å²) in [5.74, 6) is 0.662. The fourth-order valence-corrected chi connectivity index (χ4v) is 2.36. The molecule has 1 aliphatic rings. The van der Waals surface area contributed by atoms with Crippen LogP contribution in [0, 0.1) is 18.7 Å². The summed E-state index contributed by atoms with van der Waals surface area (Å²) < 4.78 is 13.1. The van der Waals surface area contributed by atoms with Gasteiger partial charge in [0, 0.05) is 6.04 Å². The molecular weight excluding hydrogens is 201 g/mol. The van der Waals surface area contributed by atoms with Gasteiger partial charge in [-0.2, -0.15) is 0 Å². The molecule has 1 nitrogen and oxygen atoms in total. The molecule has 1 aromatic carbocycles. The molecule has 0 radical (unpaired) electrons. The standard InChI is InChI=1S/C14H20FN/c1-10-3-6-14(16-9-10)8-12-7-13(15)5-4-11(12)2/h4-5,7,10,14,16H,3,6,8-9H2,1-2H3. The van der Waals surface area contributed by atoms with Crippen LogP contribution in [-0.2, 0) is 6.42 Å². The quantitative estimate of drug-likeness (QED) is 0.809. The topological polar surface area (TPSA) is 12.0 Å². The minimum atomic E-state index is -0.121. The molecular formula is C14H20FN. The lowest BCUT2D eigenvalue weighted by Gasteiger charge is -2.28. The number of hydrogen-bond acceptors (Lipinski definition) is 1. The predicted octanol–water partition coefficient (Wildman–Crippen LogP) is 3.06. The highest BCUT2D eigenvalue weighted by Gasteiger charge is 2.18. The highest BCUT2D eigenvalue weighted by atomic mass is 19.1. The Labute approximate surface area is 97.1 Å². The average Bonchev–Trinajstić information content (AvgIpc) is 2.27. The molecule has 0 bridgehead atoms. The van der Waals surface area contributed by atoms with E-state index in [0.29, 0.717) is 6.04 Å². The molecule has 2 rings (SSSR count). The Bertz CT molecular complexity index is 354. The maximum atomic E-state index is 13.1. The van der Waals surface area contributed by atoms with Gasteiger partial charge in [-0.1, -0.05) is 13.0 Å². The van der Waals surface area contributed by atoms with Gasteiger partial charge < -0.3 is 5.32 Å². The zero-order chi connectivity index (χ0) is 11.5. The Morgan fingerprint density at radius 1 is 1.38 bits per heavy atom. The summed E-state index contributed by atoms with van der Waals surface area (Å²) in [6.07, 6.45) is 3.44. The summed E-state index contributed by atoms with van der Waals surface area (Å²) >= 11 is 0. The summed E-state index contributed by atoms with van der Waals surface area (Å²) in [6.45, 7) is 5.43. The Morgan fingerprint density at radius 3 is 2.88 bits per heavy atom. The van der Waals surface area contributed by atoms with Gasteiger partial charge in [0.15, 0.2) is 0 Å². The van der Waals surface area contributed by atoms with Crippen LogP contribution in [0.25, 0.3) is 0 Å². The van der Waals surface area contributed by atoms with E-state index in [0.717, 1.165) is 24.4 Å². The van der Waals surface area contributed by atoms with Crippen LogP contribution in [-0.4, -0.2) is 12.6 Å². The number of halogens is 1. The molecule has 1 aliphatic heterocycles. The van der Waals surface area contributed by atoms with Gasteiger partial charge in [0.2, 0.25) is 0 Å². The molecule has 2 heteroatoms. The lowest BCUT2D eigenvalue weighted by atomic mass is 9.91. The molecule has 1 saturated heterocycles. The molecule has 1 aromatic rings. The fourth-order valence-electron chi connectivity index (χ4n) is 2.36. The molecule has 0 spiro atoms. The van der Waals surface area contributed by atoms with E-state index < -0.39 is 0 Å². The van der Waals surface area contributed by atoms with E-state index in [2.05, 4.69) is 19.2 Å². The molecule has 2 atom stereocenters. The van der Waals surface area contributed by atoms with E-state index >= 15 is 0 Å². The van der Waals surface area contributed by atoms with Crippen molar-refractivity contribution in [1.82, 2.24) is 5.32 Å². The Hall–Kier alpha value is -0.890. The third-order valence-electron chi connectivity index (χ3n) is 3.54. The van der Waals surface area contributed by atoms with Crippen LogP contribution in [0.2, 0.25) is 0 Å². The monoisotopic (exact) mass is 221 g/mol. The fraction of sp³-hybridized carbons (Fsp3) is 0.571. The van der Waals surface area contributed by atoms with Crippen molar-refractivity contribution in [1.29, 1.82) is 0 Å². The third-order valence-corrected chi connectivity index (χ3v) is 3.54. The van der Waals surface area contributed by atoms with Gasteiger partial charge in [-0.15, -0.1) is 0 Å². The highest BCUT2D eigenvalue weighted by Crippen LogP contribution is 2.19. The second kappa shape index (κ2) is 4.96. The van der Waals surface area contributed by atoms with Gasteiger partial charge in [0.25, 0.3) is 0 Å². The Kier molecular flexibility index (Phi) is 3.59. The molecule has 0 aromatic heterocycles. The summed E-state index contributed by atoms with van der Waals surface area (Å²) in [7, 11) is 0. The van der Waals surface area contributed by atoms with Crippen LogP contribution in [0.15, 0.2) is 18.2 Å². The van der Waals surface area contributed by atoms with E-state index in [1.54, 1.807) is 6.07 Å². The van der Waals surface area contributed by atoms with E-state index in [4.69, 9.17) is 0 Å². The smallest absolute Gasteiger partial charge is 0.123 e. The maximum Gasteiger partial charge on any atom is 0.123 e. The normalized spacial score (nSPS) is 25.7. The lowest BCUT2D eigenvalue weighted by Crippen LogP contribution is -2.39. The summed E-state index contributed by atoms with van der Waals surface area (Å²) in [4.78, 5) is 0. The summed E-state index contributed by atoms with van der Waals surface area (Å²) in [6, 6.07) is 5.61. The lowest BCUT2D eigenvalue weighted by molar-refractivity contribution is 0.326. The number of hydrogen-bond donors (Lipinski definition) is 1. The van der Waals surface area contributed by atoms with Crippen molar-refractivity contribution in [3.05, 3.63) is 35.1 Å². The van der Waals surface area contributed by atoms with Gasteiger partial charge in [0.05, 0.1) is 0 Å². The average molecular weight is 221 g/mol. The van der Waals surface area contributed by atoms with Crippen molar-refractivity contribution in [2.45, 2.75) is 39.2 Å². The second-order valence-electron chi connectivity index (χ2n) is 5.06. The zero-order valence-electron chi connectivity index (χ0n) is 10.1. The van der Waals surface area contributed by atoms with E-state index in [1.807, 2.05) is 6.07 Å². The SMILES string of the molecule is Cc1ccc(F)cc1CC1CCC(C)CN1. The van der Waals surface area contributed by atoms with Crippen LogP contribution in [0.3, 0.4) is 0 Å². The molecule has 1 heterocycles. The maximum absolute atomic E-state index is 13.1. The van der Waals surface area contributed by atoms with E-state index in [1.165, 1.54) is 24.5 Å². The van der Waals surface area contributed by atoms with E-state index in [-0.39, 0.29) is 5.82 Å². The zero-order valence-corrected chi connectivity index (χ0v) is 10.1. The molecule has 0 saturated carbocycles. The van der Waals surface area contributed by atoms with E-state index in [9.17, 15) is 4.39 Å². The molecule has 0 aliphatic carbocycles. The van der Waals surface area contributed by atoms with Crippen molar-refractivity contribution in [3.8, 4) is 0 Å². The van der Waals surface area contributed by atoms with Crippen LogP contribution < -0.4 is 5.32 Å². The Balaban J connectivity index is 2.00. The first-order valence-corrected chi connectivity index (χ1v) is 6.13. The molecule has 2 unspecified atom stereocenters. The summed E-state index contributed by atoms with van der Waals surface area (Å²) in [5, 5.41) is 3.54. The van der Waals surface area contributed by atoms with Gasteiger partial charge in [-0.05, 0) is 61.9 Å². The van der Waals surface area contributed by atoms with Crippen molar-refractivity contribution in [2.24, 2.45) is 5.92 Å². The minimum Gasteiger partial charge on any atom is -0.313 e. The second-order valence-corrected chi connectivity index (χ2v) is 5.06. The Morgan fingerprint density at radius 2 is 2.19 bits per heavy atom. The number of rotatable bonds is 2. The number of nitrogens with one attached hydrogen (secondary N) is 1. The van der Waals surface area contributed by atoms with Gasteiger partial charge >= 0.3 is 0 Å². The first-order chi connectivity index (χ1) is 7.65. The predicted molar refractivity (Wildman–Crippen MR) is 65.0 cm³/mol. The van der Waals surface area contributed by atoms with Crippen molar-refractivity contribution >= 4 is 0 Å². The van der Waals surface area contributed by atoms with Crippen LogP contribution >= 0.6 is 0 Å². The molecule has 1 fully saturated rings. The first-order valence-electron chi connectivity index (χ1n) is 6.13. The van der Waals surface area contributed by atoms with Crippen LogP contribution in [0.5, 0.6) is 0 Å². The number of piperidine rings is 1. The minimum absolute atomic E-state index is 0.121. The third kappa shape index (κ3) is 2.82. The highest BCUT2D eigenvalue weighted by molar-refractivity contribution is 5.27. The molecule has 1 N–H and O–H groups in total. The van der Waals surface area contributed by atoms with Crippen molar-refractivity contribution in [3.63, 3.8) is 0 Å². The number of benzene rings is 1. The van der Waals surface area contributed by atoms with Gasteiger partial charge in [0.1, 0.15) is 5.82 Å². The van der Waals surface area contributed by atoms with Crippen LogP contribution in [0.4, 0.5) is 4.39 Å². The first kappa shape index (κ1) is 11.6. The molecule has 88 valence electrons. The van der Waals surface area contributed by atoms with Crippen molar-refractivity contribution < 1.29 is 4.39 Å². The van der Waals surface area contributed by atoms with Gasteiger partial charge in [-0.25, -0.2) is 4.39 Å². The van der Waals surface area contributed by atoms with Crippen molar-refractivity contribution in [2.75, 3.05) is 6.54 Å². The van der Waals surface area contributed by atoms with Crippen LogP contribution in [0.1, 0.15) is 30.9 Å². The largest absolute Gasteiger partial charge is 0.313 e. The summed E-state index contributed by atoms with van der Waals surface area (Å²) in [5.41, 5.74) is 2.34. The molecule has 16 heavy (non-hydrogen) atoms.